The van der Waals surface area contributed by atoms with Gasteiger partial charge in [-0.3, -0.25) is 9.59 Å². The molecule has 0 heterocycles. The van der Waals surface area contributed by atoms with Crippen LogP contribution >= 0.6 is 0 Å². The van der Waals surface area contributed by atoms with Crippen molar-refractivity contribution in [1.82, 2.24) is 10.2 Å². The molecule has 2 amide bonds. The predicted octanol–water partition coefficient (Wildman–Crippen LogP) is 1.70. The average Bonchev–Trinajstić information content (AvgIpc) is 2.37. The van der Waals surface area contributed by atoms with E-state index in [1.165, 1.54) is 11.0 Å². The van der Waals surface area contributed by atoms with E-state index < -0.39 is 17.3 Å². The normalized spacial score (nSPS) is 12.7. The highest BCUT2D eigenvalue weighted by Gasteiger charge is 2.34. The zero-order valence-corrected chi connectivity index (χ0v) is 12.5. The molecule has 1 rings (SSSR count). The summed E-state index contributed by atoms with van der Waals surface area (Å²) in [6.45, 7) is 4.87. The Morgan fingerprint density at radius 1 is 1.25 bits per heavy atom. The van der Waals surface area contributed by atoms with Crippen LogP contribution in [0.25, 0.3) is 0 Å². The molecule has 1 N–H and O–H groups in total. The third-order valence-electron chi connectivity index (χ3n) is 3.27. The van der Waals surface area contributed by atoms with Crippen LogP contribution in [0.15, 0.2) is 24.3 Å². The number of carbonyl (C=O) groups is 2. The maximum atomic E-state index is 13.8. The van der Waals surface area contributed by atoms with Gasteiger partial charge in [0, 0.05) is 19.7 Å². The van der Waals surface area contributed by atoms with Crippen molar-refractivity contribution in [1.29, 1.82) is 0 Å². The van der Waals surface area contributed by atoms with Crippen LogP contribution in [0, 0.1) is 5.82 Å². The smallest absolute Gasteiger partial charge is 0.244 e. The molecule has 110 valence electrons. The van der Waals surface area contributed by atoms with Gasteiger partial charge in [0.25, 0.3) is 0 Å². The van der Waals surface area contributed by atoms with Gasteiger partial charge < -0.3 is 10.2 Å². The number of rotatable bonds is 4. The summed E-state index contributed by atoms with van der Waals surface area (Å²) in [6.07, 6.45) is 0. The standard InChI is InChI=1S/C15H21FN2O2/c1-10(13(19)18(4)5)17-14(20)15(2,3)11-8-6-7-9-12(11)16/h6-10H,1-5H3,(H,17,20)/t10-/m1/s1. The fourth-order valence-electron chi connectivity index (χ4n) is 1.92. The molecule has 0 aliphatic carbocycles. The van der Waals surface area contributed by atoms with E-state index in [0.717, 1.165) is 0 Å². The van der Waals surface area contributed by atoms with E-state index in [9.17, 15) is 14.0 Å². The Labute approximate surface area is 119 Å². The van der Waals surface area contributed by atoms with E-state index in [2.05, 4.69) is 5.32 Å². The van der Waals surface area contributed by atoms with E-state index in [4.69, 9.17) is 0 Å². The first-order valence-electron chi connectivity index (χ1n) is 6.45. The van der Waals surface area contributed by atoms with Crippen LogP contribution < -0.4 is 5.32 Å². The van der Waals surface area contributed by atoms with Gasteiger partial charge >= 0.3 is 0 Å². The van der Waals surface area contributed by atoms with Crippen LogP contribution in [-0.2, 0) is 15.0 Å². The summed E-state index contributed by atoms with van der Waals surface area (Å²) in [5.41, 5.74) is -0.742. The van der Waals surface area contributed by atoms with E-state index >= 15 is 0 Å². The topological polar surface area (TPSA) is 49.4 Å². The molecule has 1 aromatic rings. The molecule has 4 nitrogen and oxygen atoms in total. The van der Waals surface area contributed by atoms with Crippen molar-refractivity contribution < 1.29 is 14.0 Å². The predicted molar refractivity (Wildman–Crippen MR) is 75.7 cm³/mol. The Morgan fingerprint density at radius 2 is 1.80 bits per heavy atom. The Kier molecular flexibility index (Phi) is 4.87. The zero-order chi connectivity index (χ0) is 15.5. The van der Waals surface area contributed by atoms with Gasteiger partial charge in [-0.15, -0.1) is 0 Å². The van der Waals surface area contributed by atoms with Crippen molar-refractivity contribution in [2.24, 2.45) is 0 Å². The third-order valence-corrected chi connectivity index (χ3v) is 3.27. The molecule has 0 saturated heterocycles. The molecular weight excluding hydrogens is 259 g/mol. The highest BCUT2D eigenvalue weighted by molar-refractivity contribution is 5.92. The van der Waals surface area contributed by atoms with Crippen LogP contribution in [-0.4, -0.2) is 36.9 Å². The van der Waals surface area contributed by atoms with Gasteiger partial charge in [-0.25, -0.2) is 4.39 Å². The van der Waals surface area contributed by atoms with Gasteiger partial charge in [0.05, 0.1) is 5.41 Å². The summed E-state index contributed by atoms with van der Waals surface area (Å²) in [6, 6.07) is 5.50. The summed E-state index contributed by atoms with van der Waals surface area (Å²) < 4.78 is 13.8. The minimum atomic E-state index is -1.05. The molecule has 0 saturated carbocycles. The lowest BCUT2D eigenvalue weighted by molar-refractivity contribution is -0.135. The Morgan fingerprint density at radius 3 is 2.30 bits per heavy atom. The van der Waals surface area contributed by atoms with Gasteiger partial charge in [0.2, 0.25) is 11.8 Å². The molecule has 0 aliphatic heterocycles. The molecule has 0 spiro atoms. The van der Waals surface area contributed by atoms with Crippen molar-refractivity contribution in [3.05, 3.63) is 35.6 Å². The fourth-order valence-corrected chi connectivity index (χ4v) is 1.92. The molecule has 1 aromatic carbocycles. The first-order valence-corrected chi connectivity index (χ1v) is 6.45. The van der Waals surface area contributed by atoms with Crippen molar-refractivity contribution in [3.8, 4) is 0 Å². The Bertz CT molecular complexity index is 512. The Hall–Kier alpha value is -1.91. The first-order chi connectivity index (χ1) is 9.17. The minimum Gasteiger partial charge on any atom is -0.347 e. The van der Waals surface area contributed by atoms with Crippen molar-refractivity contribution in [3.63, 3.8) is 0 Å². The number of hydrogen-bond donors (Lipinski definition) is 1. The molecule has 0 aliphatic rings. The van der Waals surface area contributed by atoms with Gasteiger partial charge in [-0.2, -0.15) is 0 Å². The number of halogens is 1. The highest BCUT2D eigenvalue weighted by atomic mass is 19.1. The number of hydrogen-bond acceptors (Lipinski definition) is 2. The molecule has 1 atom stereocenters. The number of nitrogens with zero attached hydrogens (tertiary/aromatic N) is 1. The van der Waals surface area contributed by atoms with E-state index in [0.29, 0.717) is 5.56 Å². The van der Waals surface area contributed by atoms with Gasteiger partial charge in [0.1, 0.15) is 11.9 Å². The molecule has 5 heteroatoms. The van der Waals surface area contributed by atoms with Gasteiger partial charge in [0.15, 0.2) is 0 Å². The number of benzene rings is 1. The second kappa shape index (κ2) is 6.03. The van der Waals surface area contributed by atoms with E-state index in [1.54, 1.807) is 53.1 Å². The van der Waals surface area contributed by atoms with Crippen LogP contribution in [0.5, 0.6) is 0 Å². The van der Waals surface area contributed by atoms with Crippen molar-refractivity contribution >= 4 is 11.8 Å². The molecule has 0 bridgehead atoms. The van der Waals surface area contributed by atoms with E-state index in [1.807, 2.05) is 0 Å². The molecule has 0 aromatic heterocycles. The molecule has 0 radical (unpaired) electrons. The lowest BCUT2D eigenvalue weighted by Crippen LogP contribution is -2.50. The van der Waals surface area contributed by atoms with Gasteiger partial charge in [-0.05, 0) is 26.8 Å². The van der Waals surface area contributed by atoms with Crippen molar-refractivity contribution in [2.75, 3.05) is 14.1 Å². The fraction of sp³-hybridized carbons (Fsp3) is 0.467. The van der Waals surface area contributed by atoms with Crippen LogP contribution in [0.3, 0.4) is 0 Å². The summed E-state index contributed by atoms with van der Waals surface area (Å²) in [5.74, 6) is -1.02. The van der Waals surface area contributed by atoms with Crippen LogP contribution in [0.4, 0.5) is 4.39 Å². The molecule has 0 unspecified atom stereocenters. The lowest BCUT2D eigenvalue weighted by Gasteiger charge is -2.27. The second-order valence-electron chi connectivity index (χ2n) is 5.53. The summed E-state index contributed by atoms with van der Waals surface area (Å²) in [4.78, 5) is 25.5. The highest BCUT2D eigenvalue weighted by Crippen LogP contribution is 2.26. The minimum absolute atomic E-state index is 0.206. The largest absolute Gasteiger partial charge is 0.347 e. The van der Waals surface area contributed by atoms with Gasteiger partial charge in [-0.1, -0.05) is 18.2 Å². The number of carbonyl (C=O) groups excluding carboxylic acids is 2. The molecule has 0 fully saturated rings. The second-order valence-corrected chi connectivity index (χ2v) is 5.53. The number of amides is 2. The van der Waals surface area contributed by atoms with E-state index in [-0.39, 0.29) is 11.8 Å². The zero-order valence-electron chi connectivity index (χ0n) is 12.5. The summed E-state index contributed by atoms with van der Waals surface area (Å²) in [5, 5.41) is 2.63. The average molecular weight is 280 g/mol. The first kappa shape index (κ1) is 16.1. The Balaban J connectivity index is 2.91. The molecular formula is C15H21FN2O2. The number of likely N-dealkylation sites (N-methyl/N-ethyl adjacent to an activating group) is 1. The third kappa shape index (κ3) is 3.35. The summed E-state index contributed by atoms with van der Waals surface area (Å²) in [7, 11) is 3.24. The maximum Gasteiger partial charge on any atom is 0.244 e. The SMILES string of the molecule is C[C@@H](NC(=O)C(C)(C)c1ccccc1F)C(=O)N(C)C. The van der Waals surface area contributed by atoms with Crippen molar-refractivity contribution in [2.45, 2.75) is 32.2 Å². The number of nitrogens with one attached hydrogen (secondary N) is 1. The monoisotopic (exact) mass is 280 g/mol. The van der Waals surface area contributed by atoms with Crippen LogP contribution in [0.2, 0.25) is 0 Å². The quantitative estimate of drug-likeness (QED) is 0.912. The maximum absolute atomic E-state index is 13.8. The lowest BCUT2D eigenvalue weighted by atomic mass is 9.83. The molecule has 20 heavy (non-hydrogen) atoms. The summed E-state index contributed by atoms with van der Waals surface area (Å²) >= 11 is 0. The van der Waals surface area contributed by atoms with Crippen LogP contribution in [0.1, 0.15) is 26.3 Å².